The third kappa shape index (κ3) is 1.61. The summed E-state index contributed by atoms with van der Waals surface area (Å²) in [6.45, 7) is 0. The lowest BCUT2D eigenvalue weighted by Crippen LogP contribution is -2.22. The van der Waals surface area contributed by atoms with E-state index in [1.165, 1.54) is 24.5 Å². The van der Waals surface area contributed by atoms with E-state index in [0.717, 1.165) is 0 Å². The Bertz CT molecular complexity index is 282. The molecule has 1 heterocycles. The summed E-state index contributed by atoms with van der Waals surface area (Å²) in [7, 11) is 0. The topological polar surface area (TPSA) is 73.1 Å². The van der Waals surface area contributed by atoms with Crippen LogP contribution in [0.5, 0.6) is 0 Å². The molecule has 11 heavy (non-hydrogen) atoms. The Kier molecular flexibility index (Phi) is 1.96. The van der Waals surface area contributed by atoms with Crippen molar-refractivity contribution in [2.24, 2.45) is 5.73 Å². The average molecular weight is 150 g/mol. The van der Waals surface area contributed by atoms with Gasteiger partial charge in [0.05, 0.1) is 0 Å². The molecule has 0 aromatic carbocycles. The lowest BCUT2D eigenvalue weighted by Gasteiger charge is -1.92. The van der Waals surface area contributed by atoms with E-state index < -0.39 is 11.7 Å². The normalized spacial score (nSPS) is 9.09. The summed E-state index contributed by atoms with van der Waals surface area (Å²) in [5, 5.41) is 0. The zero-order chi connectivity index (χ0) is 8.27. The number of hydrogen-bond acceptors (Lipinski definition) is 3. The zero-order valence-electron chi connectivity index (χ0n) is 5.65. The summed E-state index contributed by atoms with van der Waals surface area (Å²) in [4.78, 5) is 24.9. The molecular weight excluding hydrogens is 144 g/mol. The van der Waals surface area contributed by atoms with Crippen molar-refractivity contribution in [2.45, 2.75) is 0 Å². The lowest BCUT2D eigenvalue weighted by atomic mass is 10.2. The van der Waals surface area contributed by atoms with Crippen LogP contribution in [-0.2, 0) is 4.79 Å². The van der Waals surface area contributed by atoms with Crippen molar-refractivity contribution in [3.63, 3.8) is 0 Å². The molecule has 0 fully saturated rings. The van der Waals surface area contributed by atoms with Crippen LogP contribution in [0.1, 0.15) is 10.4 Å². The molecule has 0 atom stereocenters. The quantitative estimate of drug-likeness (QED) is 0.466. The number of pyridine rings is 1. The van der Waals surface area contributed by atoms with E-state index in [1.807, 2.05) is 0 Å². The second-order valence-electron chi connectivity index (χ2n) is 1.93. The van der Waals surface area contributed by atoms with Gasteiger partial charge in [0.25, 0.3) is 5.91 Å². The number of nitrogens with two attached hydrogens (primary N) is 1. The fourth-order valence-electron chi connectivity index (χ4n) is 0.646. The van der Waals surface area contributed by atoms with Gasteiger partial charge in [0, 0.05) is 18.0 Å². The molecule has 2 N–H and O–H groups in total. The van der Waals surface area contributed by atoms with Gasteiger partial charge in [-0.25, -0.2) is 0 Å². The minimum Gasteiger partial charge on any atom is -0.363 e. The molecule has 0 aliphatic heterocycles. The van der Waals surface area contributed by atoms with Gasteiger partial charge in [0.1, 0.15) is 0 Å². The Morgan fingerprint density at radius 3 is 2.27 bits per heavy atom. The molecular formula is C7H6N2O2. The maximum atomic E-state index is 10.8. The molecule has 0 spiro atoms. The fourth-order valence-corrected chi connectivity index (χ4v) is 0.646. The number of nitrogens with zero attached hydrogens (tertiary/aromatic N) is 1. The highest BCUT2D eigenvalue weighted by molar-refractivity contribution is 6.42. The van der Waals surface area contributed by atoms with E-state index in [0.29, 0.717) is 0 Å². The molecule has 4 nitrogen and oxygen atoms in total. The Morgan fingerprint density at radius 2 is 1.82 bits per heavy atom. The number of carbonyl (C=O) groups excluding carboxylic acids is 2. The van der Waals surface area contributed by atoms with E-state index in [9.17, 15) is 9.59 Å². The highest BCUT2D eigenvalue weighted by Gasteiger charge is 2.10. The summed E-state index contributed by atoms with van der Waals surface area (Å²) >= 11 is 0. The van der Waals surface area contributed by atoms with Crippen LogP contribution in [0.15, 0.2) is 24.5 Å². The summed E-state index contributed by atoms with van der Waals surface area (Å²) < 4.78 is 0. The fraction of sp³-hybridized carbons (Fsp3) is 0. The molecule has 0 radical (unpaired) electrons. The lowest BCUT2D eigenvalue weighted by molar-refractivity contribution is -0.114. The number of aromatic nitrogens is 1. The van der Waals surface area contributed by atoms with Crippen molar-refractivity contribution in [1.82, 2.24) is 4.98 Å². The van der Waals surface area contributed by atoms with E-state index in [4.69, 9.17) is 5.73 Å². The van der Waals surface area contributed by atoms with E-state index in [1.54, 1.807) is 0 Å². The van der Waals surface area contributed by atoms with Crippen molar-refractivity contribution >= 4 is 11.7 Å². The van der Waals surface area contributed by atoms with Crippen LogP contribution < -0.4 is 5.73 Å². The van der Waals surface area contributed by atoms with Gasteiger partial charge in [-0.1, -0.05) is 0 Å². The summed E-state index contributed by atoms with van der Waals surface area (Å²) in [6.07, 6.45) is 2.85. The molecule has 4 heteroatoms. The van der Waals surface area contributed by atoms with Crippen LogP contribution in [0.4, 0.5) is 0 Å². The monoisotopic (exact) mass is 150 g/mol. The number of Topliss-reactive ketones (excluding diaryl/α,β-unsaturated/α-hetero) is 1. The molecule has 56 valence electrons. The number of amides is 1. The molecule has 0 aliphatic rings. The van der Waals surface area contributed by atoms with Crippen molar-refractivity contribution in [1.29, 1.82) is 0 Å². The highest BCUT2D eigenvalue weighted by atomic mass is 16.2. The molecule has 1 aromatic rings. The third-order valence-electron chi connectivity index (χ3n) is 1.17. The third-order valence-corrected chi connectivity index (χ3v) is 1.17. The van der Waals surface area contributed by atoms with Gasteiger partial charge in [0.2, 0.25) is 5.78 Å². The van der Waals surface area contributed by atoms with Crippen molar-refractivity contribution in [3.05, 3.63) is 30.1 Å². The van der Waals surface area contributed by atoms with Gasteiger partial charge in [-0.2, -0.15) is 0 Å². The van der Waals surface area contributed by atoms with Crippen LogP contribution in [0.3, 0.4) is 0 Å². The van der Waals surface area contributed by atoms with Gasteiger partial charge in [-0.15, -0.1) is 0 Å². The van der Waals surface area contributed by atoms with Crippen LogP contribution in [0.25, 0.3) is 0 Å². The van der Waals surface area contributed by atoms with E-state index >= 15 is 0 Å². The summed E-state index contributed by atoms with van der Waals surface area (Å²) in [5.41, 5.74) is 5.03. The molecule has 1 amide bonds. The number of primary amides is 1. The van der Waals surface area contributed by atoms with Gasteiger partial charge in [-0.05, 0) is 12.1 Å². The van der Waals surface area contributed by atoms with Crippen molar-refractivity contribution in [2.75, 3.05) is 0 Å². The Labute approximate surface area is 63.0 Å². The largest absolute Gasteiger partial charge is 0.363 e. The zero-order valence-corrected chi connectivity index (χ0v) is 5.65. The number of ketones is 1. The van der Waals surface area contributed by atoms with Gasteiger partial charge < -0.3 is 5.73 Å². The SMILES string of the molecule is NC(=O)C(=O)c1ccncc1. The smallest absolute Gasteiger partial charge is 0.289 e. The molecule has 1 rings (SSSR count). The average Bonchev–Trinajstić information content (AvgIpc) is 2.05. The number of hydrogen-bond donors (Lipinski definition) is 1. The Morgan fingerprint density at radius 1 is 1.27 bits per heavy atom. The maximum Gasteiger partial charge on any atom is 0.289 e. The minimum absolute atomic E-state index is 0.271. The van der Waals surface area contributed by atoms with Crippen molar-refractivity contribution in [3.8, 4) is 0 Å². The minimum atomic E-state index is -0.948. The van der Waals surface area contributed by atoms with Crippen LogP contribution in [-0.4, -0.2) is 16.7 Å². The standard InChI is InChI=1S/C7H6N2O2/c8-7(11)6(10)5-1-3-9-4-2-5/h1-4H,(H2,8,11). The molecule has 1 aromatic heterocycles. The number of rotatable bonds is 2. The number of carbonyl (C=O) groups is 2. The Balaban J connectivity index is 2.95. The first kappa shape index (κ1) is 7.40. The predicted molar refractivity (Wildman–Crippen MR) is 37.8 cm³/mol. The van der Waals surface area contributed by atoms with E-state index in [-0.39, 0.29) is 5.56 Å². The second-order valence-corrected chi connectivity index (χ2v) is 1.93. The first-order valence-corrected chi connectivity index (χ1v) is 2.96. The molecule has 0 bridgehead atoms. The first-order valence-electron chi connectivity index (χ1n) is 2.96. The summed E-state index contributed by atoms with van der Waals surface area (Å²) in [5.74, 6) is -1.64. The van der Waals surface area contributed by atoms with E-state index in [2.05, 4.69) is 4.98 Å². The van der Waals surface area contributed by atoms with Crippen LogP contribution in [0.2, 0.25) is 0 Å². The predicted octanol–water partition coefficient (Wildman–Crippen LogP) is -0.250. The molecule has 0 unspecified atom stereocenters. The van der Waals surface area contributed by atoms with Crippen molar-refractivity contribution < 1.29 is 9.59 Å². The van der Waals surface area contributed by atoms with Crippen LogP contribution in [0, 0.1) is 0 Å². The highest BCUT2D eigenvalue weighted by Crippen LogP contribution is 1.96. The maximum absolute atomic E-state index is 10.8. The molecule has 0 saturated heterocycles. The van der Waals surface area contributed by atoms with Gasteiger partial charge in [-0.3, -0.25) is 14.6 Å². The van der Waals surface area contributed by atoms with Gasteiger partial charge in [0.15, 0.2) is 0 Å². The molecule has 0 aliphatic carbocycles. The Hall–Kier alpha value is -1.71. The van der Waals surface area contributed by atoms with Crippen LogP contribution >= 0.6 is 0 Å². The molecule has 0 saturated carbocycles. The first-order chi connectivity index (χ1) is 5.22. The van der Waals surface area contributed by atoms with Gasteiger partial charge >= 0.3 is 0 Å². The summed E-state index contributed by atoms with van der Waals surface area (Å²) in [6, 6.07) is 2.88. The second kappa shape index (κ2) is 2.92.